The van der Waals surface area contributed by atoms with Gasteiger partial charge in [0.15, 0.2) is 0 Å². The Hall–Kier alpha value is -2.62. The number of carbonyl (C=O) groups is 2. The van der Waals surface area contributed by atoms with Crippen molar-refractivity contribution in [3.8, 4) is 0 Å². The monoisotopic (exact) mass is 296 g/mol. The zero-order chi connectivity index (χ0) is 15.9. The number of nitrogens with one attached hydrogen (secondary N) is 2. The van der Waals surface area contributed by atoms with E-state index in [0.717, 1.165) is 16.8 Å². The van der Waals surface area contributed by atoms with E-state index in [4.69, 9.17) is 0 Å². The van der Waals surface area contributed by atoms with Gasteiger partial charge in [0.05, 0.1) is 12.5 Å². The molecular formula is C18H20N2O2. The summed E-state index contributed by atoms with van der Waals surface area (Å²) in [6.45, 7) is 3.42. The summed E-state index contributed by atoms with van der Waals surface area (Å²) in [5.41, 5.74) is 2.76. The molecule has 0 fully saturated rings. The largest absolute Gasteiger partial charge is 0.349 e. The summed E-state index contributed by atoms with van der Waals surface area (Å²) in [5, 5.41) is 5.69. The average molecular weight is 296 g/mol. The standard InChI is InChI=1S/C18H20N2O2/c1-13-7-6-10-16(11-13)20-18(22)12-17(19-14(2)21)15-8-4-3-5-9-15/h3-11,17H,12H2,1-2H3,(H,19,21)(H,20,22)/t17-/m0/s1. The second kappa shape index (κ2) is 7.41. The highest BCUT2D eigenvalue weighted by molar-refractivity contribution is 5.91. The first kappa shape index (κ1) is 15.8. The van der Waals surface area contributed by atoms with Gasteiger partial charge in [-0.15, -0.1) is 0 Å². The van der Waals surface area contributed by atoms with E-state index >= 15 is 0 Å². The lowest BCUT2D eigenvalue weighted by molar-refractivity contribution is -0.120. The maximum Gasteiger partial charge on any atom is 0.226 e. The molecule has 0 saturated heterocycles. The summed E-state index contributed by atoms with van der Waals surface area (Å²) >= 11 is 0. The first-order valence-electron chi connectivity index (χ1n) is 7.23. The highest BCUT2D eigenvalue weighted by atomic mass is 16.2. The lowest BCUT2D eigenvalue weighted by Crippen LogP contribution is -2.29. The maximum absolute atomic E-state index is 12.2. The van der Waals surface area contributed by atoms with Crippen molar-refractivity contribution in [1.82, 2.24) is 5.32 Å². The van der Waals surface area contributed by atoms with Crippen LogP contribution in [0.4, 0.5) is 5.69 Å². The summed E-state index contributed by atoms with van der Waals surface area (Å²) in [4.78, 5) is 23.6. The minimum Gasteiger partial charge on any atom is -0.349 e. The van der Waals surface area contributed by atoms with Crippen molar-refractivity contribution in [1.29, 1.82) is 0 Å². The van der Waals surface area contributed by atoms with E-state index in [0.29, 0.717) is 0 Å². The molecule has 0 heterocycles. The van der Waals surface area contributed by atoms with Gasteiger partial charge in [-0.05, 0) is 30.2 Å². The molecule has 22 heavy (non-hydrogen) atoms. The lowest BCUT2D eigenvalue weighted by Gasteiger charge is -2.18. The van der Waals surface area contributed by atoms with Gasteiger partial charge in [0, 0.05) is 12.6 Å². The average Bonchev–Trinajstić information content (AvgIpc) is 2.47. The van der Waals surface area contributed by atoms with Crippen molar-refractivity contribution in [3.05, 3.63) is 65.7 Å². The molecule has 0 aliphatic heterocycles. The Labute approximate surface area is 130 Å². The van der Waals surface area contributed by atoms with E-state index in [1.165, 1.54) is 6.92 Å². The summed E-state index contributed by atoms with van der Waals surface area (Å²) in [6.07, 6.45) is 0.192. The Balaban J connectivity index is 2.06. The molecule has 0 saturated carbocycles. The number of carbonyl (C=O) groups excluding carboxylic acids is 2. The summed E-state index contributed by atoms with van der Waals surface area (Å²) in [6, 6.07) is 16.8. The Bertz CT molecular complexity index is 653. The molecule has 114 valence electrons. The number of amides is 2. The number of benzene rings is 2. The van der Waals surface area contributed by atoms with Crippen molar-refractivity contribution in [2.24, 2.45) is 0 Å². The SMILES string of the molecule is CC(=O)N[C@@H](CC(=O)Nc1cccc(C)c1)c1ccccc1. The van der Waals surface area contributed by atoms with Gasteiger partial charge in [0.25, 0.3) is 0 Å². The molecule has 0 bridgehead atoms. The van der Waals surface area contributed by atoms with Crippen LogP contribution < -0.4 is 10.6 Å². The molecule has 4 heteroatoms. The molecule has 2 amide bonds. The van der Waals surface area contributed by atoms with Crippen LogP contribution in [0.1, 0.15) is 30.5 Å². The highest BCUT2D eigenvalue weighted by Crippen LogP contribution is 2.18. The summed E-state index contributed by atoms with van der Waals surface area (Å²) in [5.74, 6) is -0.287. The van der Waals surface area contributed by atoms with Crippen LogP contribution in [-0.2, 0) is 9.59 Å². The molecule has 2 N–H and O–H groups in total. The summed E-state index contributed by atoms with van der Waals surface area (Å²) < 4.78 is 0. The third-order valence-electron chi connectivity index (χ3n) is 3.27. The van der Waals surface area contributed by atoms with Crippen LogP contribution in [-0.4, -0.2) is 11.8 Å². The Morgan fingerprint density at radius 2 is 1.77 bits per heavy atom. The minimum atomic E-state index is -0.330. The maximum atomic E-state index is 12.2. The van der Waals surface area contributed by atoms with Gasteiger partial charge in [-0.25, -0.2) is 0 Å². The molecular weight excluding hydrogens is 276 g/mol. The van der Waals surface area contributed by atoms with Crippen LogP contribution in [0.5, 0.6) is 0 Å². The third-order valence-corrected chi connectivity index (χ3v) is 3.27. The van der Waals surface area contributed by atoms with Gasteiger partial charge in [-0.1, -0.05) is 42.5 Å². The van der Waals surface area contributed by atoms with Crippen LogP contribution in [0.25, 0.3) is 0 Å². The second-order valence-corrected chi connectivity index (χ2v) is 5.29. The Kier molecular flexibility index (Phi) is 5.31. The van der Waals surface area contributed by atoms with Crippen LogP contribution in [0.15, 0.2) is 54.6 Å². The summed E-state index contributed by atoms with van der Waals surface area (Å²) in [7, 11) is 0. The topological polar surface area (TPSA) is 58.2 Å². The number of rotatable bonds is 5. The molecule has 1 atom stereocenters. The lowest BCUT2D eigenvalue weighted by atomic mass is 10.0. The number of hydrogen-bond acceptors (Lipinski definition) is 2. The van der Waals surface area contributed by atoms with Crippen molar-refractivity contribution >= 4 is 17.5 Å². The Morgan fingerprint density at radius 3 is 2.41 bits per heavy atom. The minimum absolute atomic E-state index is 0.131. The quantitative estimate of drug-likeness (QED) is 0.890. The molecule has 0 unspecified atom stereocenters. The van der Waals surface area contributed by atoms with Gasteiger partial charge >= 0.3 is 0 Å². The molecule has 4 nitrogen and oxygen atoms in total. The normalized spacial score (nSPS) is 11.5. The predicted molar refractivity (Wildman–Crippen MR) is 87.4 cm³/mol. The van der Waals surface area contributed by atoms with E-state index < -0.39 is 0 Å². The second-order valence-electron chi connectivity index (χ2n) is 5.29. The van der Waals surface area contributed by atoms with Crippen LogP contribution in [0.3, 0.4) is 0 Å². The number of hydrogen-bond donors (Lipinski definition) is 2. The Morgan fingerprint density at radius 1 is 1.05 bits per heavy atom. The number of anilines is 1. The molecule has 0 spiro atoms. The first-order chi connectivity index (χ1) is 10.5. The van der Waals surface area contributed by atoms with E-state index in [1.807, 2.05) is 61.5 Å². The van der Waals surface area contributed by atoms with Gasteiger partial charge < -0.3 is 10.6 Å². The molecule has 0 aliphatic rings. The zero-order valence-corrected chi connectivity index (χ0v) is 12.8. The van der Waals surface area contributed by atoms with Crippen LogP contribution >= 0.6 is 0 Å². The molecule has 0 aliphatic carbocycles. The first-order valence-corrected chi connectivity index (χ1v) is 7.23. The van der Waals surface area contributed by atoms with Gasteiger partial charge in [0.2, 0.25) is 11.8 Å². The predicted octanol–water partition coefficient (Wildman–Crippen LogP) is 3.20. The highest BCUT2D eigenvalue weighted by Gasteiger charge is 2.17. The third kappa shape index (κ3) is 4.74. The fraction of sp³-hybridized carbons (Fsp3) is 0.222. The van der Waals surface area contributed by atoms with Crippen molar-refractivity contribution in [2.45, 2.75) is 26.3 Å². The van der Waals surface area contributed by atoms with E-state index in [1.54, 1.807) is 0 Å². The zero-order valence-electron chi connectivity index (χ0n) is 12.8. The van der Waals surface area contributed by atoms with Gasteiger partial charge in [0.1, 0.15) is 0 Å². The van der Waals surface area contributed by atoms with E-state index in [9.17, 15) is 9.59 Å². The van der Waals surface area contributed by atoms with Crippen LogP contribution in [0, 0.1) is 6.92 Å². The smallest absolute Gasteiger partial charge is 0.226 e. The molecule has 0 aromatic heterocycles. The number of aryl methyl sites for hydroxylation is 1. The fourth-order valence-electron chi connectivity index (χ4n) is 2.30. The fourth-order valence-corrected chi connectivity index (χ4v) is 2.30. The van der Waals surface area contributed by atoms with Gasteiger partial charge in [-0.2, -0.15) is 0 Å². The van der Waals surface area contributed by atoms with Gasteiger partial charge in [-0.3, -0.25) is 9.59 Å². The molecule has 2 rings (SSSR count). The van der Waals surface area contributed by atoms with Crippen molar-refractivity contribution in [2.75, 3.05) is 5.32 Å². The molecule has 2 aromatic carbocycles. The molecule has 0 radical (unpaired) electrons. The van der Waals surface area contributed by atoms with Crippen LogP contribution in [0.2, 0.25) is 0 Å². The molecule has 2 aromatic rings. The van der Waals surface area contributed by atoms with E-state index in [-0.39, 0.29) is 24.3 Å². The van der Waals surface area contributed by atoms with E-state index in [2.05, 4.69) is 10.6 Å². The van der Waals surface area contributed by atoms with Crippen molar-refractivity contribution < 1.29 is 9.59 Å². The van der Waals surface area contributed by atoms with Crippen molar-refractivity contribution in [3.63, 3.8) is 0 Å².